The second-order valence-corrected chi connectivity index (χ2v) is 6.43. The Labute approximate surface area is 138 Å². The molecule has 6 nitrogen and oxygen atoms in total. The van der Waals surface area contributed by atoms with Crippen molar-refractivity contribution in [2.45, 2.75) is 17.7 Å². The first-order chi connectivity index (χ1) is 10.2. The molecule has 0 amide bonds. The van der Waals surface area contributed by atoms with E-state index in [2.05, 4.69) is 4.98 Å². The Balaban J connectivity index is 0.00000264. The van der Waals surface area contributed by atoms with Crippen molar-refractivity contribution in [1.82, 2.24) is 9.71 Å². The van der Waals surface area contributed by atoms with Gasteiger partial charge in [0.2, 0.25) is 10.0 Å². The Morgan fingerprint density at radius 2 is 1.91 bits per heavy atom. The third-order valence-electron chi connectivity index (χ3n) is 2.90. The summed E-state index contributed by atoms with van der Waals surface area (Å²) in [4.78, 5) is 3.99. The molecule has 10 heteroatoms. The van der Waals surface area contributed by atoms with Gasteiger partial charge in [0.05, 0.1) is 18.0 Å². The maximum absolute atomic E-state index is 13.0. The number of halogens is 3. The number of alkyl halides is 2. The number of sulfonamides is 1. The second kappa shape index (κ2) is 7.35. The van der Waals surface area contributed by atoms with Gasteiger partial charge in [-0.1, -0.05) is 12.1 Å². The fraction of sp³-hybridized carbons (Fsp3) is 0.308. The van der Waals surface area contributed by atoms with Crippen LogP contribution in [0.4, 0.5) is 8.78 Å². The molecule has 0 fully saturated rings. The Bertz CT molecular complexity index is 748. The fourth-order valence-corrected chi connectivity index (χ4v) is 2.72. The predicted octanol–water partition coefficient (Wildman–Crippen LogP) is 1.94. The van der Waals surface area contributed by atoms with E-state index in [9.17, 15) is 17.2 Å². The molecule has 23 heavy (non-hydrogen) atoms. The lowest BCUT2D eigenvalue weighted by atomic mass is 10.2. The molecule has 0 spiro atoms. The molecule has 0 unspecified atom stereocenters. The van der Waals surface area contributed by atoms with E-state index < -0.39 is 29.0 Å². The van der Waals surface area contributed by atoms with Gasteiger partial charge in [0, 0.05) is 12.5 Å². The zero-order valence-electron chi connectivity index (χ0n) is 12.1. The van der Waals surface area contributed by atoms with Gasteiger partial charge in [-0.2, -0.15) is 0 Å². The average molecular weight is 368 g/mol. The second-order valence-electron chi connectivity index (χ2n) is 4.66. The van der Waals surface area contributed by atoms with E-state index in [1.807, 2.05) is 4.72 Å². The minimum Gasteiger partial charge on any atom is -0.449 e. The first-order valence-corrected chi connectivity index (χ1v) is 7.82. The number of aryl methyl sites for hydroxylation is 1. The normalized spacial score (nSPS) is 12.0. The molecule has 3 N–H and O–H groups in total. The van der Waals surface area contributed by atoms with Gasteiger partial charge < -0.3 is 10.2 Å². The summed E-state index contributed by atoms with van der Waals surface area (Å²) in [5.74, 6) is -2.80. The lowest BCUT2D eigenvalue weighted by molar-refractivity contribution is 0.0170. The van der Waals surface area contributed by atoms with Crippen LogP contribution in [0.15, 0.2) is 39.8 Å². The molecule has 0 aliphatic carbocycles. The van der Waals surface area contributed by atoms with Crippen LogP contribution < -0.4 is 10.5 Å². The summed E-state index contributed by atoms with van der Waals surface area (Å²) >= 11 is 0. The molecule has 2 aromatic rings. The van der Waals surface area contributed by atoms with Gasteiger partial charge in [0.1, 0.15) is 12.0 Å². The highest BCUT2D eigenvalue weighted by atomic mass is 35.5. The molecule has 0 bridgehead atoms. The molecule has 2 rings (SSSR count). The maximum atomic E-state index is 13.0. The Hall–Kier alpha value is -1.55. The van der Waals surface area contributed by atoms with Crippen LogP contribution in [0.3, 0.4) is 0 Å². The molecular formula is C13H16ClF2N3O3S. The Morgan fingerprint density at radius 1 is 1.30 bits per heavy atom. The van der Waals surface area contributed by atoms with Crippen LogP contribution in [-0.2, 0) is 10.0 Å². The van der Waals surface area contributed by atoms with Crippen LogP contribution in [-0.4, -0.2) is 32.4 Å². The number of nitrogens with one attached hydrogen (secondary N) is 1. The summed E-state index contributed by atoms with van der Waals surface area (Å²) in [6.45, 7) is -0.292. The number of nitrogens with zero attached hydrogens (tertiary/aromatic N) is 1. The van der Waals surface area contributed by atoms with E-state index in [1.165, 1.54) is 30.5 Å². The monoisotopic (exact) mass is 367 g/mol. The number of aromatic nitrogens is 1. The molecule has 128 valence electrons. The summed E-state index contributed by atoms with van der Waals surface area (Å²) in [5, 5.41) is 0. The third-order valence-corrected chi connectivity index (χ3v) is 4.32. The van der Waals surface area contributed by atoms with E-state index in [4.69, 9.17) is 10.2 Å². The maximum Gasteiger partial charge on any atom is 0.273 e. The zero-order valence-corrected chi connectivity index (χ0v) is 13.8. The highest BCUT2D eigenvalue weighted by Gasteiger charge is 2.29. The number of hydrogen-bond donors (Lipinski definition) is 2. The van der Waals surface area contributed by atoms with Crippen molar-refractivity contribution < 1.29 is 21.6 Å². The largest absolute Gasteiger partial charge is 0.449 e. The highest BCUT2D eigenvalue weighted by molar-refractivity contribution is 7.89. The van der Waals surface area contributed by atoms with Crippen molar-refractivity contribution in [1.29, 1.82) is 0 Å². The number of rotatable bonds is 6. The van der Waals surface area contributed by atoms with Gasteiger partial charge in [-0.15, -0.1) is 12.4 Å². The summed E-state index contributed by atoms with van der Waals surface area (Å²) in [7, 11) is -4.03. The van der Waals surface area contributed by atoms with Crippen LogP contribution in [0.25, 0.3) is 11.3 Å². The zero-order chi connectivity index (χ0) is 16.4. The SMILES string of the molecule is Cc1nc(-c2ccc(S(=O)(=O)NCC(F)(F)CN)cc2)co1.Cl. The van der Waals surface area contributed by atoms with Crippen LogP contribution in [0.5, 0.6) is 0 Å². The van der Waals surface area contributed by atoms with Gasteiger partial charge in [0.15, 0.2) is 5.89 Å². The molecule has 0 atom stereocenters. The van der Waals surface area contributed by atoms with Crippen molar-refractivity contribution in [2.24, 2.45) is 5.73 Å². The number of nitrogens with two attached hydrogens (primary N) is 1. The van der Waals surface area contributed by atoms with E-state index in [1.54, 1.807) is 6.92 Å². The fourth-order valence-electron chi connectivity index (χ4n) is 1.66. The van der Waals surface area contributed by atoms with Crippen LogP contribution in [0, 0.1) is 6.92 Å². The van der Waals surface area contributed by atoms with Crippen molar-refractivity contribution >= 4 is 22.4 Å². The molecule has 1 aromatic carbocycles. The number of oxazole rings is 1. The first-order valence-electron chi connectivity index (χ1n) is 6.34. The van der Waals surface area contributed by atoms with E-state index in [-0.39, 0.29) is 17.3 Å². The van der Waals surface area contributed by atoms with Crippen molar-refractivity contribution in [3.8, 4) is 11.3 Å². The van der Waals surface area contributed by atoms with Crippen LogP contribution in [0.2, 0.25) is 0 Å². The Morgan fingerprint density at radius 3 is 2.39 bits per heavy atom. The summed E-state index contributed by atoms with van der Waals surface area (Å²) in [6.07, 6.45) is 1.44. The third kappa shape index (κ3) is 4.96. The summed E-state index contributed by atoms with van der Waals surface area (Å²) in [6, 6.07) is 5.66. The van der Waals surface area contributed by atoms with E-state index in [0.29, 0.717) is 17.1 Å². The first kappa shape index (κ1) is 19.5. The molecule has 1 heterocycles. The minimum atomic E-state index is -4.03. The smallest absolute Gasteiger partial charge is 0.273 e. The molecule has 0 saturated heterocycles. The predicted molar refractivity (Wildman–Crippen MR) is 83.1 cm³/mol. The standard InChI is InChI=1S/C13H15F2N3O3S.ClH/c1-9-18-12(6-21-9)10-2-4-11(5-3-10)22(19,20)17-8-13(14,15)7-16;/h2-6,17H,7-8,16H2,1H3;1H. The molecule has 0 aliphatic rings. The van der Waals surface area contributed by atoms with Crippen LogP contribution in [0.1, 0.15) is 5.89 Å². The van der Waals surface area contributed by atoms with Crippen molar-refractivity contribution in [2.75, 3.05) is 13.1 Å². The van der Waals surface area contributed by atoms with Gasteiger partial charge in [-0.05, 0) is 12.1 Å². The van der Waals surface area contributed by atoms with E-state index in [0.717, 1.165) is 0 Å². The van der Waals surface area contributed by atoms with Crippen LogP contribution >= 0.6 is 12.4 Å². The minimum absolute atomic E-state index is 0. The molecule has 0 radical (unpaired) electrons. The lowest BCUT2D eigenvalue weighted by Crippen LogP contribution is -2.41. The molecule has 1 aromatic heterocycles. The lowest BCUT2D eigenvalue weighted by Gasteiger charge is -2.14. The quantitative estimate of drug-likeness (QED) is 0.813. The topological polar surface area (TPSA) is 98.2 Å². The summed E-state index contributed by atoms with van der Waals surface area (Å²) in [5.41, 5.74) is 6.07. The van der Waals surface area contributed by atoms with Crippen molar-refractivity contribution in [3.63, 3.8) is 0 Å². The summed E-state index contributed by atoms with van der Waals surface area (Å²) < 4.78 is 56.8. The van der Waals surface area contributed by atoms with Gasteiger partial charge in [-0.25, -0.2) is 26.9 Å². The average Bonchev–Trinajstić information content (AvgIpc) is 2.92. The Kier molecular flexibility index (Phi) is 6.23. The van der Waals surface area contributed by atoms with Crippen molar-refractivity contribution in [3.05, 3.63) is 36.4 Å². The molecule has 0 saturated carbocycles. The molecular weight excluding hydrogens is 352 g/mol. The molecule has 0 aliphatic heterocycles. The van der Waals surface area contributed by atoms with E-state index >= 15 is 0 Å². The van der Waals surface area contributed by atoms with Gasteiger partial charge in [0.25, 0.3) is 5.92 Å². The van der Waals surface area contributed by atoms with Gasteiger partial charge >= 0.3 is 0 Å². The van der Waals surface area contributed by atoms with Gasteiger partial charge in [-0.3, -0.25) is 0 Å². The number of benzene rings is 1. The number of hydrogen-bond acceptors (Lipinski definition) is 5. The highest BCUT2D eigenvalue weighted by Crippen LogP contribution is 2.21.